The summed E-state index contributed by atoms with van der Waals surface area (Å²) >= 11 is 0. The maximum absolute atomic E-state index is 12.2. The maximum Gasteiger partial charge on any atom is 0.327 e. The summed E-state index contributed by atoms with van der Waals surface area (Å²) in [6.45, 7) is 4.20. The number of anilines is 1. The van der Waals surface area contributed by atoms with Gasteiger partial charge in [-0.3, -0.25) is 9.47 Å². The molecule has 23 heavy (non-hydrogen) atoms. The van der Waals surface area contributed by atoms with Crippen molar-refractivity contribution in [3.05, 3.63) is 53.3 Å². The van der Waals surface area contributed by atoms with Gasteiger partial charge in [-0.1, -0.05) is 12.1 Å². The zero-order chi connectivity index (χ0) is 15.6. The molecule has 0 atom stereocenters. The van der Waals surface area contributed by atoms with Gasteiger partial charge in [0.2, 0.25) is 0 Å². The van der Waals surface area contributed by atoms with Crippen LogP contribution in [0, 0.1) is 0 Å². The fourth-order valence-electron chi connectivity index (χ4n) is 3.04. The van der Waals surface area contributed by atoms with Crippen LogP contribution in [-0.2, 0) is 6.67 Å². The third-order valence-electron chi connectivity index (χ3n) is 4.29. The van der Waals surface area contributed by atoms with Gasteiger partial charge >= 0.3 is 5.69 Å². The highest BCUT2D eigenvalue weighted by molar-refractivity contribution is 5.74. The molecule has 0 amide bonds. The SMILES string of the molecule is O=c1[nH]c2ccccc2n1CN1CCN(c2ccncn2)CC1. The van der Waals surface area contributed by atoms with E-state index in [1.165, 1.54) is 0 Å². The smallest absolute Gasteiger partial charge is 0.327 e. The molecule has 0 unspecified atom stereocenters. The van der Waals surface area contributed by atoms with Gasteiger partial charge < -0.3 is 9.88 Å². The van der Waals surface area contributed by atoms with Crippen LogP contribution in [-0.4, -0.2) is 50.6 Å². The van der Waals surface area contributed by atoms with Gasteiger partial charge in [0.25, 0.3) is 0 Å². The molecule has 1 aliphatic heterocycles. The van der Waals surface area contributed by atoms with E-state index in [0.29, 0.717) is 6.67 Å². The monoisotopic (exact) mass is 310 g/mol. The van der Waals surface area contributed by atoms with Gasteiger partial charge in [-0.05, 0) is 18.2 Å². The molecule has 0 bridgehead atoms. The maximum atomic E-state index is 12.2. The number of nitrogens with one attached hydrogen (secondary N) is 1. The lowest BCUT2D eigenvalue weighted by molar-refractivity contribution is 0.206. The number of H-pyrrole nitrogens is 1. The predicted octanol–water partition coefficient (Wildman–Crippen LogP) is 0.899. The number of para-hydroxylation sites is 2. The van der Waals surface area contributed by atoms with E-state index in [9.17, 15) is 4.79 Å². The predicted molar refractivity (Wildman–Crippen MR) is 88.4 cm³/mol. The van der Waals surface area contributed by atoms with Crippen LogP contribution in [0.25, 0.3) is 11.0 Å². The Morgan fingerprint density at radius 2 is 1.91 bits per heavy atom. The molecule has 3 aromatic rings. The Balaban J connectivity index is 1.47. The molecular weight excluding hydrogens is 292 g/mol. The number of fused-ring (bicyclic) bond motifs is 1. The molecule has 0 radical (unpaired) electrons. The normalized spacial score (nSPS) is 16.1. The Morgan fingerprint density at radius 3 is 2.70 bits per heavy atom. The topological polar surface area (TPSA) is 70.1 Å². The number of nitrogens with zero attached hydrogens (tertiary/aromatic N) is 5. The first-order valence-corrected chi connectivity index (χ1v) is 7.72. The molecular formula is C16H18N6O. The van der Waals surface area contributed by atoms with Gasteiger partial charge in [0.1, 0.15) is 12.1 Å². The van der Waals surface area contributed by atoms with Crippen molar-refractivity contribution in [2.45, 2.75) is 6.67 Å². The number of imidazole rings is 1. The Hall–Kier alpha value is -2.67. The average molecular weight is 310 g/mol. The molecule has 1 aliphatic rings. The number of aromatic amines is 1. The fourth-order valence-corrected chi connectivity index (χ4v) is 3.04. The summed E-state index contributed by atoms with van der Waals surface area (Å²) in [5, 5.41) is 0. The van der Waals surface area contributed by atoms with Gasteiger partial charge in [-0.25, -0.2) is 14.8 Å². The molecule has 2 aromatic heterocycles. The van der Waals surface area contributed by atoms with E-state index in [4.69, 9.17) is 0 Å². The van der Waals surface area contributed by atoms with E-state index in [0.717, 1.165) is 43.0 Å². The Labute approximate surface area is 133 Å². The summed E-state index contributed by atoms with van der Waals surface area (Å²) in [7, 11) is 0. The molecule has 1 aromatic carbocycles. The largest absolute Gasteiger partial charge is 0.354 e. The summed E-state index contributed by atoms with van der Waals surface area (Å²) in [5.41, 5.74) is 1.79. The van der Waals surface area contributed by atoms with Gasteiger partial charge in [0.05, 0.1) is 17.7 Å². The molecule has 0 saturated carbocycles. The number of hydrogen-bond donors (Lipinski definition) is 1. The summed E-state index contributed by atoms with van der Waals surface area (Å²) in [6.07, 6.45) is 3.34. The Bertz CT molecular complexity index is 848. The quantitative estimate of drug-likeness (QED) is 0.778. The van der Waals surface area contributed by atoms with Gasteiger partial charge in [0.15, 0.2) is 0 Å². The van der Waals surface area contributed by atoms with Crippen LogP contribution in [0.15, 0.2) is 47.7 Å². The second-order valence-corrected chi connectivity index (χ2v) is 5.69. The van der Waals surface area contributed by atoms with Crippen molar-refractivity contribution in [3.63, 3.8) is 0 Å². The zero-order valence-electron chi connectivity index (χ0n) is 12.7. The highest BCUT2D eigenvalue weighted by atomic mass is 16.1. The van der Waals surface area contributed by atoms with Crippen molar-refractivity contribution < 1.29 is 0 Å². The lowest BCUT2D eigenvalue weighted by Gasteiger charge is -2.35. The molecule has 1 saturated heterocycles. The van der Waals surface area contributed by atoms with Crippen LogP contribution < -0.4 is 10.6 Å². The first-order chi connectivity index (χ1) is 11.3. The molecule has 0 aliphatic carbocycles. The van der Waals surface area contributed by atoms with Crippen LogP contribution in [0.1, 0.15) is 0 Å². The third-order valence-corrected chi connectivity index (χ3v) is 4.29. The van der Waals surface area contributed by atoms with Crippen LogP contribution >= 0.6 is 0 Å². The molecule has 3 heterocycles. The van der Waals surface area contributed by atoms with Crippen LogP contribution in [0.5, 0.6) is 0 Å². The number of piperazine rings is 1. The van der Waals surface area contributed by atoms with Gasteiger partial charge in [-0.15, -0.1) is 0 Å². The number of rotatable bonds is 3. The second-order valence-electron chi connectivity index (χ2n) is 5.69. The molecule has 4 rings (SSSR count). The van der Waals surface area contributed by atoms with Crippen molar-refractivity contribution in [2.75, 3.05) is 31.1 Å². The minimum absolute atomic E-state index is 0.0515. The van der Waals surface area contributed by atoms with Gasteiger partial charge in [0, 0.05) is 32.4 Å². The number of aromatic nitrogens is 4. The van der Waals surface area contributed by atoms with E-state index in [1.54, 1.807) is 17.1 Å². The van der Waals surface area contributed by atoms with Crippen molar-refractivity contribution in [2.24, 2.45) is 0 Å². The molecule has 1 N–H and O–H groups in total. The van der Waals surface area contributed by atoms with Crippen molar-refractivity contribution in [1.29, 1.82) is 0 Å². The van der Waals surface area contributed by atoms with Crippen molar-refractivity contribution in [3.8, 4) is 0 Å². The van der Waals surface area contributed by atoms with E-state index in [-0.39, 0.29) is 5.69 Å². The van der Waals surface area contributed by atoms with E-state index in [2.05, 4.69) is 24.8 Å². The standard InChI is InChI=1S/C16H18N6O/c23-16-19-13-3-1-2-4-14(13)22(16)12-20-7-9-21(10-8-20)15-5-6-17-11-18-15/h1-6,11H,7-10,12H2,(H,19,23). The Kier molecular flexibility index (Phi) is 3.55. The summed E-state index contributed by atoms with van der Waals surface area (Å²) in [4.78, 5) is 27.8. The lowest BCUT2D eigenvalue weighted by Crippen LogP contribution is -2.47. The van der Waals surface area contributed by atoms with Crippen LogP contribution in [0.2, 0.25) is 0 Å². The molecule has 1 fully saturated rings. The third kappa shape index (κ3) is 2.70. The van der Waals surface area contributed by atoms with Gasteiger partial charge in [-0.2, -0.15) is 0 Å². The lowest BCUT2D eigenvalue weighted by atomic mass is 10.3. The van der Waals surface area contributed by atoms with E-state index in [1.807, 2.05) is 30.3 Å². The highest BCUT2D eigenvalue weighted by Crippen LogP contribution is 2.14. The summed E-state index contributed by atoms with van der Waals surface area (Å²) in [6, 6.07) is 9.73. The summed E-state index contributed by atoms with van der Waals surface area (Å²) in [5.74, 6) is 0.962. The van der Waals surface area contributed by atoms with E-state index < -0.39 is 0 Å². The van der Waals surface area contributed by atoms with Crippen LogP contribution in [0.4, 0.5) is 5.82 Å². The summed E-state index contributed by atoms with van der Waals surface area (Å²) < 4.78 is 1.80. The average Bonchev–Trinajstić information content (AvgIpc) is 2.92. The molecule has 7 heteroatoms. The van der Waals surface area contributed by atoms with Crippen molar-refractivity contribution >= 4 is 16.9 Å². The fraction of sp³-hybridized carbons (Fsp3) is 0.312. The molecule has 118 valence electrons. The number of hydrogen-bond acceptors (Lipinski definition) is 5. The minimum atomic E-state index is -0.0515. The first-order valence-electron chi connectivity index (χ1n) is 7.72. The van der Waals surface area contributed by atoms with E-state index >= 15 is 0 Å². The molecule has 7 nitrogen and oxygen atoms in total. The van der Waals surface area contributed by atoms with Crippen molar-refractivity contribution in [1.82, 2.24) is 24.4 Å². The highest BCUT2D eigenvalue weighted by Gasteiger charge is 2.19. The van der Waals surface area contributed by atoms with Crippen LogP contribution in [0.3, 0.4) is 0 Å². The number of benzene rings is 1. The molecule has 0 spiro atoms. The Morgan fingerprint density at radius 1 is 1.09 bits per heavy atom. The first kappa shape index (κ1) is 14.0. The minimum Gasteiger partial charge on any atom is -0.354 e. The second kappa shape index (κ2) is 5.85. The zero-order valence-corrected chi connectivity index (χ0v) is 12.7.